The van der Waals surface area contributed by atoms with Gasteiger partial charge in [-0.05, 0) is 6.42 Å². The van der Waals surface area contributed by atoms with E-state index < -0.39 is 65.0 Å². The standard InChI is InChI=1S/C23H30F15NO3/c1-3-4-5-6-7-8-9-10-11-12-13-42-15(40)14-39(2)16(41)17(24,25)18(26,27)19(28,29)20(30,31)21(32,33)22(34,35)23(36,37)38/h3-14H2,1-2H3. The summed E-state index contributed by atoms with van der Waals surface area (Å²) in [6.07, 6.45) is 0.968. The maximum absolute atomic E-state index is 14.0. The molecule has 0 fully saturated rings. The molecule has 0 atom stereocenters. The number of likely N-dealkylation sites (N-methyl/N-ethyl adjacent to an activating group) is 1. The minimum atomic E-state index is -8.50. The van der Waals surface area contributed by atoms with E-state index in [0.29, 0.717) is 6.42 Å². The molecule has 0 aliphatic carbocycles. The van der Waals surface area contributed by atoms with Crippen molar-refractivity contribution in [1.82, 2.24) is 4.90 Å². The second-order valence-electron chi connectivity index (χ2n) is 9.51. The quantitative estimate of drug-likeness (QED) is 0.0801. The van der Waals surface area contributed by atoms with Crippen LogP contribution in [0.25, 0.3) is 0 Å². The molecule has 0 rings (SSSR count). The van der Waals surface area contributed by atoms with Gasteiger partial charge in [-0.2, -0.15) is 65.9 Å². The van der Waals surface area contributed by atoms with Gasteiger partial charge in [0, 0.05) is 7.05 Å². The van der Waals surface area contributed by atoms with Crippen LogP contribution in [0.1, 0.15) is 71.1 Å². The molecule has 1 amide bonds. The number of rotatable bonds is 19. The highest BCUT2D eigenvalue weighted by Crippen LogP contribution is 2.62. The molecule has 42 heavy (non-hydrogen) atoms. The van der Waals surface area contributed by atoms with E-state index in [9.17, 15) is 75.4 Å². The summed E-state index contributed by atoms with van der Waals surface area (Å²) < 4.78 is 204. The van der Waals surface area contributed by atoms with Gasteiger partial charge in [-0.25, -0.2) is 0 Å². The number of carbonyl (C=O) groups is 2. The fourth-order valence-electron chi connectivity index (χ4n) is 3.43. The summed E-state index contributed by atoms with van der Waals surface area (Å²) in [5, 5.41) is 0. The van der Waals surface area contributed by atoms with Crippen molar-refractivity contribution in [3.05, 3.63) is 0 Å². The van der Waals surface area contributed by atoms with Gasteiger partial charge in [-0.15, -0.1) is 0 Å². The maximum Gasteiger partial charge on any atom is 0.460 e. The molecular weight excluding hydrogens is 623 g/mol. The van der Waals surface area contributed by atoms with Crippen molar-refractivity contribution in [3.63, 3.8) is 0 Å². The Bertz CT molecular complexity index is 876. The third-order valence-corrected chi connectivity index (χ3v) is 6.07. The molecule has 0 saturated heterocycles. The zero-order valence-electron chi connectivity index (χ0n) is 22.3. The third kappa shape index (κ3) is 8.29. The van der Waals surface area contributed by atoms with Crippen molar-refractivity contribution in [3.8, 4) is 0 Å². The fraction of sp³-hybridized carbons (Fsp3) is 0.913. The van der Waals surface area contributed by atoms with Gasteiger partial charge in [0.15, 0.2) is 0 Å². The van der Waals surface area contributed by atoms with Gasteiger partial charge in [-0.3, -0.25) is 9.59 Å². The summed E-state index contributed by atoms with van der Waals surface area (Å²) in [5.41, 5.74) is 0. The van der Waals surface area contributed by atoms with E-state index >= 15 is 0 Å². The van der Waals surface area contributed by atoms with Gasteiger partial charge >= 0.3 is 47.7 Å². The van der Waals surface area contributed by atoms with Gasteiger partial charge in [0.25, 0.3) is 5.91 Å². The first-order valence-electron chi connectivity index (χ1n) is 12.5. The van der Waals surface area contributed by atoms with Crippen LogP contribution in [0.2, 0.25) is 0 Å². The number of ether oxygens (including phenoxy) is 1. The van der Waals surface area contributed by atoms with Gasteiger partial charge in [0.05, 0.1) is 6.61 Å². The van der Waals surface area contributed by atoms with Gasteiger partial charge < -0.3 is 9.64 Å². The Kier molecular flexibility index (Phi) is 13.8. The van der Waals surface area contributed by atoms with Crippen LogP contribution in [0.5, 0.6) is 0 Å². The van der Waals surface area contributed by atoms with Gasteiger partial charge in [0.2, 0.25) is 0 Å². The van der Waals surface area contributed by atoms with E-state index in [1.54, 1.807) is 0 Å². The Labute approximate surface area is 230 Å². The Balaban J connectivity index is 5.29. The summed E-state index contributed by atoms with van der Waals surface area (Å²) in [6, 6.07) is 0. The summed E-state index contributed by atoms with van der Waals surface area (Å²) in [4.78, 5) is 22.6. The first-order chi connectivity index (χ1) is 18.8. The van der Waals surface area contributed by atoms with E-state index in [1.807, 2.05) is 0 Å². The zero-order chi connectivity index (χ0) is 33.4. The summed E-state index contributed by atoms with van der Waals surface area (Å²) >= 11 is 0. The monoisotopic (exact) mass is 653 g/mol. The first kappa shape index (κ1) is 39.9. The fourth-order valence-corrected chi connectivity index (χ4v) is 3.43. The minimum Gasteiger partial charge on any atom is -0.464 e. The van der Waals surface area contributed by atoms with Crippen LogP contribution in [0.4, 0.5) is 65.9 Å². The molecule has 4 nitrogen and oxygen atoms in total. The van der Waals surface area contributed by atoms with Crippen molar-refractivity contribution in [2.75, 3.05) is 20.2 Å². The van der Waals surface area contributed by atoms with Crippen LogP contribution < -0.4 is 0 Å². The number of hydrogen-bond donors (Lipinski definition) is 0. The predicted octanol–water partition coefficient (Wildman–Crippen LogP) is 8.28. The molecule has 0 aromatic rings. The summed E-state index contributed by atoms with van der Waals surface area (Å²) in [7, 11) is 0.0801. The first-order valence-corrected chi connectivity index (χ1v) is 12.5. The molecule has 0 aliphatic rings. The molecule has 0 aromatic heterocycles. The average molecular weight is 653 g/mol. The largest absolute Gasteiger partial charge is 0.464 e. The van der Waals surface area contributed by atoms with E-state index in [2.05, 4.69) is 11.7 Å². The molecule has 0 saturated carbocycles. The number of esters is 1. The molecular formula is C23H30F15NO3. The number of halogens is 15. The molecule has 0 unspecified atom stereocenters. The second kappa shape index (κ2) is 14.6. The Morgan fingerprint density at radius 1 is 0.548 bits per heavy atom. The predicted molar refractivity (Wildman–Crippen MR) is 116 cm³/mol. The highest BCUT2D eigenvalue weighted by molar-refractivity contribution is 5.88. The normalized spacial score (nSPS) is 14.2. The third-order valence-electron chi connectivity index (χ3n) is 6.07. The average Bonchev–Trinajstić information content (AvgIpc) is 2.85. The van der Waals surface area contributed by atoms with E-state index in [-0.39, 0.29) is 20.1 Å². The molecule has 0 N–H and O–H groups in total. The zero-order valence-corrected chi connectivity index (χ0v) is 22.3. The van der Waals surface area contributed by atoms with Crippen molar-refractivity contribution in [2.45, 2.75) is 113 Å². The van der Waals surface area contributed by atoms with Gasteiger partial charge in [0.1, 0.15) is 6.54 Å². The number of nitrogens with zero attached hydrogens (tertiary/aromatic N) is 1. The van der Waals surface area contributed by atoms with Crippen molar-refractivity contribution in [2.24, 2.45) is 0 Å². The van der Waals surface area contributed by atoms with E-state index in [0.717, 1.165) is 51.4 Å². The lowest BCUT2D eigenvalue weighted by Gasteiger charge is -2.41. The molecule has 0 heterocycles. The topological polar surface area (TPSA) is 46.6 Å². The lowest BCUT2D eigenvalue weighted by atomic mass is 9.90. The number of amides is 1. The highest BCUT2D eigenvalue weighted by Gasteiger charge is 2.94. The molecule has 0 spiro atoms. The van der Waals surface area contributed by atoms with Crippen LogP contribution in [-0.4, -0.2) is 78.7 Å². The Morgan fingerprint density at radius 3 is 1.31 bits per heavy atom. The summed E-state index contributed by atoms with van der Waals surface area (Å²) in [6.45, 7) is 0.0273. The van der Waals surface area contributed by atoms with Gasteiger partial charge in [-0.1, -0.05) is 64.7 Å². The Hall–Kier alpha value is -2.11. The summed E-state index contributed by atoms with van der Waals surface area (Å²) in [5.74, 6) is -53.7. The van der Waals surface area contributed by atoms with Crippen LogP contribution in [-0.2, 0) is 14.3 Å². The number of alkyl halides is 15. The number of carbonyl (C=O) groups excluding carboxylic acids is 2. The number of unbranched alkanes of at least 4 members (excludes halogenated alkanes) is 9. The highest BCUT2D eigenvalue weighted by atomic mass is 19.4. The molecule has 19 heteroatoms. The lowest BCUT2D eigenvalue weighted by molar-refractivity contribution is -0.449. The molecule has 250 valence electrons. The van der Waals surface area contributed by atoms with Crippen molar-refractivity contribution < 1.29 is 80.2 Å². The van der Waals surface area contributed by atoms with Crippen LogP contribution >= 0.6 is 0 Å². The van der Waals surface area contributed by atoms with E-state index in [1.165, 1.54) is 0 Å². The van der Waals surface area contributed by atoms with Crippen molar-refractivity contribution >= 4 is 11.9 Å². The van der Waals surface area contributed by atoms with Crippen LogP contribution in [0.15, 0.2) is 0 Å². The van der Waals surface area contributed by atoms with E-state index in [4.69, 9.17) is 0 Å². The second-order valence-corrected chi connectivity index (χ2v) is 9.51. The molecule has 0 aromatic carbocycles. The molecule has 0 radical (unpaired) electrons. The van der Waals surface area contributed by atoms with Crippen LogP contribution in [0, 0.1) is 0 Å². The maximum atomic E-state index is 14.0. The smallest absolute Gasteiger partial charge is 0.460 e. The molecule has 0 aliphatic heterocycles. The Morgan fingerprint density at radius 2 is 0.905 bits per heavy atom. The van der Waals surface area contributed by atoms with Crippen LogP contribution in [0.3, 0.4) is 0 Å². The molecule has 0 bridgehead atoms. The SMILES string of the molecule is CCCCCCCCCCCCOC(=O)CN(C)C(=O)C(F)(F)C(F)(F)C(F)(F)C(F)(F)C(F)(F)C(F)(F)C(F)(F)F. The minimum absolute atomic E-state index is 0.0801. The number of hydrogen-bond acceptors (Lipinski definition) is 3. The lowest BCUT2D eigenvalue weighted by Crippen LogP contribution is -2.74. The van der Waals surface area contributed by atoms with Crippen molar-refractivity contribution in [1.29, 1.82) is 0 Å².